The van der Waals surface area contributed by atoms with E-state index in [-0.39, 0.29) is 60.2 Å². The maximum Gasteiger partial charge on any atom is 0.457 e. The normalized spacial score (nSPS) is 12.7. The molecule has 184 valence electrons. The molecule has 0 radical (unpaired) electrons. The number of hydrogen-bond acceptors (Lipinski definition) is 4. The maximum atomic E-state index is 16.4. The summed E-state index contributed by atoms with van der Waals surface area (Å²) in [7, 11) is 0. The number of alkyl halides is 6. The Kier molecular flexibility index (Phi) is 7.96. The molecule has 0 amide bonds. The summed E-state index contributed by atoms with van der Waals surface area (Å²) in [5.41, 5.74) is -5.51. The lowest BCUT2D eigenvalue weighted by Gasteiger charge is -2.36. The highest BCUT2D eigenvalue weighted by Crippen LogP contribution is 2.55. The number of rotatable bonds is 9. The first-order valence-corrected chi connectivity index (χ1v) is 10.1. The van der Waals surface area contributed by atoms with Gasteiger partial charge in [-0.15, -0.1) is 0 Å². The van der Waals surface area contributed by atoms with E-state index in [0.717, 1.165) is 24.3 Å². The van der Waals surface area contributed by atoms with Crippen LogP contribution in [0.3, 0.4) is 0 Å². The van der Waals surface area contributed by atoms with Gasteiger partial charge >= 0.3 is 12.1 Å². The van der Waals surface area contributed by atoms with Crippen molar-refractivity contribution >= 4 is 0 Å². The van der Waals surface area contributed by atoms with Gasteiger partial charge in [0.15, 0.2) is 0 Å². The van der Waals surface area contributed by atoms with Crippen molar-refractivity contribution in [2.75, 3.05) is 26.4 Å². The summed E-state index contributed by atoms with van der Waals surface area (Å²) in [4.78, 5) is 0. The molecule has 0 fully saturated rings. The SMILES string of the molecule is Cc1cc(C(F)(c2cc(C)c(OCCO)c(C)c2)C(F)(F)C(F)(F)F)cc(C)c1OCCO. The van der Waals surface area contributed by atoms with Gasteiger partial charge in [-0.1, -0.05) is 0 Å². The summed E-state index contributed by atoms with van der Waals surface area (Å²) in [6.07, 6.45) is -6.19. The predicted octanol–water partition coefficient (Wildman–Crippen LogP) is 5.07. The number of ether oxygens (including phenoxy) is 2. The zero-order chi connectivity index (χ0) is 25.2. The van der Waals surface area contributed by atoms with E-state index in [9.17, 15) is 22.0 Å². The number of hydrogen-bond donors (Lipinski definition) is 2. The highest BCUT2D eigenvalue weighted by Gasteiger charge is 2.72. The van der Waals surface area contributed by atoms with Gasteiger partial charge in [0.1, 0.15) is 24.7 Å². The Balaban J connectivity index is 2.81. The molecule has 0 aliphatic heterocycles. The Hall–Kier alpha value is -2.46. The van der Waals surface area contributed by atoms with Crippen LogP contribution in [0.1, 0.15) is 33.4 Å². The molecule has 0 saturated heterocycles. The number of aliphatic hydroxyl groups excluding tert-OH is 2. The van der Waals surface area contributed by atoms with Gasteiger partial charge in [-0.25, -0.2) is 4.39 Å². The van der Waals surface area contributed by atoms with Crippen LogP contribution in [-0.4, -0.2) is 48.7 Å². The predicted molar refractivity (Wildman–Crippen MR) is 110 cm³/mol. The molecular weight excluding hydrogens is 454 g/mol. The van der Waals surface area contributed by atoms with E-state index in [4.69, 9.17) is 19.7 Å². The average Bonchev–Trinajstić information content (AvgIpc) is 2.70. The molecule has 0 aliphatic carbocycles. The molecule has 0 unspecified atom stereocenters. The zero-order valence-electron chi connectivity index (χ0n) is 18.6. The highest BCUT2D eigenvalue weighted by atomic mass is 19.4. The van der Waals surface area contributed by atoms with E-state index < -0.39 is 28.9 Å². The molecule has 0 heterocycles. The van der Waals surface area contributed by atoms with Crippen LogP contribution in [0, 0.1) is 27.7 Å². The Morgan fingerprint density at radius 2 is 0.939 bits per heavy atom. The molecule has 0 aromatic heterocycles. The van der Waals surface area contributed by atoms with E-state index in [1.54, 1.807) is 0 Å². The minimum Gasteiger partial charge on any atom is -0.491 e. The van der Waals surface area contributed by atoms with Gasteiger partial charge in [-0.05, 0) is 74.2 Å². The van der Waals surface area contributed by atoms with E-state index in [0.29, 0.717) is 0 Å². The first-order chi connectivity index (χ1) is 15.2. The lowest BCUT2D eigenvalue weighted by atomic mass is 9.79. The van der Waals surface area contributed by atoms with Crippen molar-refractivity contribution in [3.63, 3.8) is 0 Å². The van der Waals surface area contributed by atoms with Crippen LogP contribution in [0.4, 0.5) is 26.3 Å². The van der Waals surface area contributed by atoms with E-state index in [2.05, 4.69) is 0 Å². The third-order valence-electron chi connectivity index (χ3n) is 5.18. The Labute approximate surface area is 187 Å². The molecule has 0 aliphatic rings. The molecule has 2 N–H and O–H groups in total. The second-order valence-corrected chi connectivity index (χ2v) is 7.75. The third-order valence-corrected chi connectivity index (χ3v) is 5.18. The van der Waals surface area contributed by atoms with Crippen molar-refractivity contribution in [1.82, 2.24) is 0 Å². The fourth-order valence-electron chi connectivity index (χ4n) is 3.77. The first kappa shape index (κ1) is 26.8. The molecule has 0 spiro atoms. The maximum absolute atomic E-state index is 16.4. The van der Waals surface area contributed by atoms with Crippen LogP contribution in [0.2, 0.25) is 0 Å². The van der Waals surface area contributed by atoms with Crippen molar-refractivity contribution in [2.45, 2.75) is 45.5 Å². The summed E-state index contributed by atoms with van der Waals surface area (Å²) in [6, 6.07) is 3.56. The van der Waals surface area contributed by atoms with Gasteiger partial charge in [0.05, 0.1) is 13.2 Å². The second kappa shape index (κ2) is 9.80. The van der Waals surface area contributed by atoms with Crippen molar-refractivity contribution in [3.8, 4) is 11.5 Å². The summed E-state index contributed by atoms with van der Waals surface area (Å²) in [6.45, 7) is 4.60. The highest BCUT2D eigenvalue weighted by molar-refractivity contribution is 5.53. The Bertz CT molecular complexity index is 878. The summed E-state index contributed by atoms with van der Waals surface area (Å²) in [5.74, 6) is -5.46. The smallest absolute Gasteiger partial charge is 0.457 e. The lowest BCUT2D eigenvalue weighted by molar-refractivity contribution is -0.323. The van der Waals surface area contributed by atoms with Crippen LogP contribution >= 0.6 is 0 Å². The minimum atomic E-state index is -6.19. The molecule has 0 atom stereocenters. The van der Waals surface area contributed by atoms with E-state index in [1.807, 2.05) is 0 Å². The fraction of sp³-hybridized carbons (Fsp3) is 0.478. The van der Waals surface area contributed by atoms with Crippen molar-refractivity contribution in [3.05, 3.63) is 57.6 Å². The van der Waals surface area contributed by atoms with E-state index >= 15 is 4.39 Å². The summed E-state index contributed by atoms with van der Waals surface area (Å²) < 4.78 is 97.2. The summed E-state index contributed by atoms with van der Waals surface area (Å²) >= 11 is 0. The van der Waals surface area contributed by atoms with Gasteiger partial charge in [-0.2, -0.15) is 22.0 Å². The largest absolute Gasteiger partial charge is 0.491 e. The molecule has 2 rings (SSSR count). The average molecular weight is 480 g/mol. The van der Waals surface area contributed by atoms with Crippen molar-refractivity contribution < 1.29 is 46.0 Å². The van der Waals surface area contributed by atoms with Gasteiger partial charge in [0.2, 0.25) is 5.67 Å². The van der Waals surface area contributed by atoms with Crippen LogP contribution in [-0.2, 0) is 5.67 Å². The van der Waals surface area contributed by atoms with Crippen LogP contribution in [0.15, 0.2) is 24.3 Å². The molecule has 0 bridgehead atoms. The number of aryl methyl sites for hydroxylation is 4. The molecule has 2 aromatic carbocycles. The monoisotopic (exact) mass is 480 g/mol. The topological polar surface area (TPSA) is 58.9 Å². The molecule has 0 saturated carbocycles. The Morgan fingerprint density at radius 3 is 1.18 bits per heavy atom. The van der Waals surface area contributed by atoms with Crippen LogP contribution < -0.4 is 9.47 Å². The standard InChI is InChI=1S/C23H26F6O4/c1-13-9-17(10-14(2)19(13)32-7-5-30)21(24,22(25,26)23(27,28)29)18-11-15(3)20(16(4)12-18)33-8-6-31/h9-12,30-31H,5-8H2,1-4H3. The zero-order valence-corrected chi connectivity index (χ0v) is 18.6. The second-order valence-electron chi connectivity index (χ2n) is 7.75. The van der Waals surface area contributed by atoms with Crippen LogP contribution in [0.25, 0.3) is 0 Å². The molecular formula is C23H26F6O4. The van der Waals surface area contributed by atoms with Crippen molar-refractivity contribution in [1.29, 1.82) is 0 Å². The van der Waals surface area contributed by atoms with Gasteiger partial charge < -0.3 is 19.7 Å². The van der Waals surface area contributed by atoms with E-state index in [1.165, 1.54) is 27.7 Å². The number of benzene rings is 2. The minimum absolute atomic E-state index is 0.131. The fourth-order valence-corrected chi connectivity index (χ4v) is 3.77. The van der Waals surface area contributed by atoms with Gasteiger partial charge in [-0.3, -0.25) is 0 Å². The summed E-state index contributed by atoms with van der Waals surface area (Å²) in [5, 5.41) is 17.9. The molecule has 2 aromatic rings. The van der Waals surface area contributed by atoms with Gasteiger partial charge in [0, 0.05) is 11.1 Å². The molecule has 4 nitrogen and oxygen atoms in total. The third kappa shape index (κ3) is 4.91. The van der Waals surface area contributed by atoms with Gasteiger partial charge in [0.25, 0.3) is 0 Å². The molecule has 33 heavy (non-hydrogen) atoms. The first-order valence-electron chi connectivity index (χ1n) is 10.1. The quantitative estimate of drug-likeness (QED) is 0.492. The number of aliphatic hydroxyl groups is 2. The lowest BCUT2D eigenvalue weighted by Crippen LogP contribution is -2.53. The van der Waals surface area contributed by atoms with Crippen molar-refractivity contribution in [2.24, 2.45) is 0 Å². The van der Waals surface area contributed by atoms with Crippen LogP contribution in [0.5, 0.6) is 11.5 Å². The Morgan fingerprint density at radius 1 is 0.636 bits per heavy atom. The number of halogens is 6. The molecule has 10 heteroatoms.